The average molecular weight is 401 g/mol. The van der Waals surface area contributed by atoms with E-state index in [0.717, 1.165) is 0 Å². The molecule has 30 heavy (non-hydrogen) atoms. The van der Waals surface area contributed by atoms with Gasteiger partial charge in [-0.1, -0.05) is 66.7 Å². The summed E-state index contributed by atoms with van der Waals surface area (Å²) in [5.74, 6) is -0.522. The van der Waals surface area contributed by atoms with Gasteiger partial charge in [0.2, 0.25) is 5.60 Å². The Morgan fingerprint density at radius 3 is 2.07 bits per heavy atom. The highest BCUT2D eigenvalue weighted by Gasteiger charge is 2.42. The first-order valence-electron chi connectivity index (χ1n) is 9.96. The van der Waals surface area contributed by atoms with E-state index in [1.54, 1.807) is 24.3 Å². The number of carboxylic acid groups (broad SMARTS) is 1. The van der Waals surface area contributed by atoms with Crippen molar-refractivity contribution in [3.63, 3.8) is 0 Å². The molecule has 0 saturated heterocycles. The first-order chi connectivity index (χ1) is 14.6. The fourth-order valence-corrected chi connectivity index (χ4v) is 4.28. The SMILES string of the molecule is O=C(O)C(CC=NO)(CCC1c2ccccc2-c2ccccc21)Oc1ccccc1. The predicted molar refractivity (Wildman–Crippen MR) is 115 cm³/mol. The number of carboxylic acids is 1. The number of hydrogen-bond donors (Lipinski definition) is 2. The number of oxime groups is 1. The van der Waals surface area contributed by atoms with Gasteiger partial charge in [-0.3, -0.25) is 0 Å². The molecule has 0 spiro atoms. The summed E-state index contributed by atoms with van der Waals surface area (Å²) in [7, 11) is 0. The van der Waals surface area contributed by atoms with Crippen LogP contribution in [0.25, 0.3) is 11.1 Å². The quantitative estimate of drug-likeness (QED) is 0.304. The number of benzene rings is 3. The summed E-state index contributed by atoms with van der Waals surface area (Å²) < 4.78 is 6.00. The first kappa shape index (κ1) is 19.7. The standard InChI is InChI=1S/C25H23NO4/c27-24(28)25(16-17-26-29,30-18-8-2-1-3-9-18)15-14-23-21-12-6-4-10-19(21)20-11-5-7-13-22(20)23/h1-13,17,23,29H,14-16H2,(H,27,28). The van der Waals surface area contributed by atoms with E-state index >= 15 is 0 Å². The molecule has 0 saturated carbocycles. The molecule has 0 aliphatic heterocycles. The van der Waals surface area contributed by atoms with Crippen LogP contribution in [-0.4, -0.2) is 28.1 Å². The lowest BCUT2D eigenvalue weighted by Gasteiger charge is -2.30. The molecule has 5 nitrogen and oxygen atoms in total. The molecule has 152 valence electrons. The van der Waals surface area contributed by atoms with Crippen LogP contribution in [0.1, 0.15) is 36.3 Å². The zero-order valence-corrected chi connectivity index (χ0v) is 16.4. The van der Waals surface area contributed by atoms with Crippen LogP contribution in [0.4, 0.5) is 0 Å². The molecule has 2 N–H and O–H groups in total. The second kappa shape index (κ2) is 8.41. The van der Waals surface area contributed by atoms with Crippen molar-refractivity contribution in [2.45, 2.75) is 30.8 Å². The average Bonchev–Trinajstić information content (AvgIpc) is 3.10. The van der Waals surface area contributed by atoms with E-state index in [1.807, 2.05) is 30.3 Å². The van der Waals surface area contributed by atoms with Crippen LogP contribution < -0.4 is 4.74 Å². The molecule has 0 radical (unpaired) electrons. The Kier molecular flexibility index (Phi) is 5.53. The van der Waals surface area contributed by atoms with E-state index in [2.05, 4.69) is 29.4 Å². The van der Waals surface area contributed by atoms with Crippen molar-refractivity contribution in [2.24, 2.45) is 5.16 Å². The van der Waals surface area contributed by atoms with Crippen molar-refractivity contribution in [1.29, 1.82) is 0 Å². The van der Waals surface area contributed by atoms with Crippen LogP contribution in [0.15, 0.2) is 84.0 Å². The third kappa shape index (κ3) is 3.66. The molecule has 1 aliphatic rings. The monoisotopic (exact) mass is 401 g/mol. The molecular weight excluding hydrogens is 378 g/mol. The van der Waals surface area contributed by atoms with Crippen molar-refractivity contribution in [2.75, 3.05) is 0 Å². The summed E-state index contributed by atoms with van der Waals surface area (Å²) in [5, 5.41) is 22.1. The highest BCUT2D eigenvalue weighted by Crippen LogP contribution is 2.47. The van der Waals surface area contributed by atoms with Crippen LogP contribution in [0.3, 0.4) is 0 Å². The Bertz CT molecular complexity index is 1020. The van der Waals surface area contributed by atoms with Crippen molar-refractivity contribution >= 4 is 12.2 Å². The van der Waals surface area contributed by atoms with Crippen molar-refractivity contribution in [3.05, 3.63) is 90.0 Å². The normalized spacial score (nSPS) is 14.8. The topological polar surface area (TPSA) is 79.1 Å². The van der Waals surface area contributed by atoms with Crippen LogP contribution in [0.2, 0.25) is 0 Å². The minimum atomic E-state index is -1.53. The lowest BCUT2D eigenvalue weighted by molar-refractivity contribution is -0.155. The molecule has 0 amide bonds. The largest absolute Gasteiger partial charge is 0.478 e. The van der Waals surface area contributed by atoms with Crippen molar-refractivity contribution in [3.8, 4) is 16.9 Å². The molecule has 3 aromatic rings. The highest BCUT2D eigenvalue weighted by atomic mass is 16.5. The molecule has 0 bridgehead atoms. The Hall–Kier alpha value is -3.60. The molecule has 1 unspecified atom stereocenters. The number of para-hydroxylation sites is 1. The van der Waals surface area contributed by atoms with Crippen LogP contribution >= 0.6 is 0 Å². The van der Waals surface area contributed by atoms with E-state index in [-0.39, 0.29) is 18.8 Å². The van der Waals surface area contributed by atoms with Gasteiger partial charge in [-0.25, -0.2) is 4.79 Å². The molecular formula is C25H23NO4. The Morgan fingerprint density at radius 2 is 1.50 bits per heavy atom. The number of hydrogen-bond acceptors (Lipinski definition) is 4. The Morgan fingerprint density at radius 1 is 0.933 bits per heavy atom. The summed E-state index contributed by atoms with van der Waals surface area (Å²) in [6.45, 7) is 0. The van der Waals surface area contributed by atoms with Crippen molar-refractivity contribution < 1.29 is 19.8 Å². The van der Waals surface area contributed by atoms with Gasteiger partial charge in [-0.05, 0) is 47.2 Å². The fourth-order valence-electron chi connectivity index (χ4n) is 4.28. The zero-order valence-electron chi connectivity index (χ0n) is 16.4. The van der Waals surface area contributed by atoms with Gasteiger partial charge >= 0.3 is 5.97 Å². The Labute approximate surface area is 175 Å². The minimum Gasteiger partial charge on any atom is -0.478 e. The van der Waals surface area contributed by atoms with Crippen LogP contribution in [0, 0.1) is 0 Å². The van der Waals surface area contributed by atoms with E-state index in [0.29, 0.717) is 12.2 Å². The zero-order chi connectivity index (χ0) is 21.0. The molecule has 3 aromatic carbocycles. The van der Waals surface area contributed by atoms with E-state index < -0.39 is 11.6 Å². The number of carbonyl (C=O) groups is 1. The van der Waals surface area contributed by atoms with Gasteiger partial charge in [0.25, 0.3) is 0 Å². The van der Waals surface area contributed by atoms with E-state index in [9.17, 15) is 9.90 Å². The summed E-state index contributed by atoms with van der Waals surface area (Å²) in [6, 6.07) is 25.4. The minimum absolute atomic E-state index is 0.0380. The second-order valence-corrected chi connectivity index (χ2v) is 7.48. The Balaban J connectivity index is 1.66. The van der Waals surface area contributed by atoms with Crippen LogP contribution in [-0.2, 0) is 4.79 Å². The third-order valence-electron chi connectivity index (χ3n) is 5.75. The van der Waals surface area contributed by atoms with E-state index in [4.69, 9.17) is 9.94 Å². The summed E-state index contributed by atoms with van der Waals surface area (Å²) >= 11 is 0. The molecule has 0 fully saturated rings. The van der Waals surface area contributed by atoms with E-state index in [1.165, 1.54) is 28.5 Å². The number of ether oxygens (including phenoxy) is 1. The third-order valence-corrected chi connectivity index (χ3v) is 5.75. The number of aliphatic carboxylic acids is 1. The maximum Gasteiger partial charge on any atom is 0.348 e. The first-order valence-corrected chi connectivity index (χ1v) is 9.96. The molecule has 1 aliphatic carbocycles. The van der Waals surface area contributed by atoms with Gasteiger partial charge in [0.15, 0.2) is 0 Å². The van der Waals surface area contributed by atoms with Crippen LogP contribution in [0.5, 0.6) is 5.75 Å². The smallest absolute Gasteiger partial charge is 0.348 e. The maximum atomic E-state index is 12.4. The van der Waals surface area contributed by atoms with Gasteiger partial charge in [-0.2, -0.15) is 0 Å². The van der Waals surface area contributed by atoms with Gasteiger partial charge in [0.05, 0.1) is 0 Å². The van der Waals surface area contributed by atoms with Gasteiger partial charge < -0.3 is 15.1 Å². The lowest BCUT2D eigenvalue weighted by atomic mass is 9.85. The number of fused-ring (bicyclic) bond motifs is 3. The summed E-state index contributed by atoms with van der Waals surface area (Å²) in [6.07, 6.45) is 2.00. The maximum absolute atomic E-state index is 12.4. The van der Waals surface area contributed by atoms with Gasteiger partial charge in [-0.15, -0.1) is 5.16 Å². The lowest BCUT2D eigenvalue weighted by Crippen LogP contribution is -2.45. The molecule has 1 atom stereocenters. The van der Waals surface area contributed by atoms with Gasteiger partial charge in [0.1, 0.15) is 5.75 Å². The summed E-state index contributed by atoms with van der Waals surface area (Å²) in [5.41, 5.74) is 3.27. The molecule has 0 aromatic heterocycles. The second-order valence-electron chi connectivity index (χ2n) is 7.48. The van der Waals surface area contributed by atoms with Crippen molar-refractivity contribution in [1.82, 2.24) is 0 Å². The number of rotatable bonds is 8. The number of nitrogens with zero attached hydrogens (tertiary/aromatic N) is 1. The highest BCUT2D eigenvalue weighted by molar-refractivity contribution is 5.82. The summed E-state index contributed by atoms with van der Waals surface area (Å²) in [4.78, 5) is 12.4. The predicted octanol–water partition coefficient (Wildman–Crippen LogP) is 5.33. The molecule has 0 heterocycles. The molecule has 5 heteroatoms. The van der Waals surface area contributed by atoms with Gasteiger partial charge in [0, 0.05) is 18.6 Å². The molecule has 4 rings (SSSR count). The fraction of sp³-hybridized carbons (Fsp3) is 0.200.